The van der Waals surface area contributed by atoms with Crippen LogP contribution >= 0.6 is 0 Å². The van der Waals surface area contributed by atoms with Crippen molar-refractivity contribution >= 4 is 5.97 Å². The highest BCUT2D eigenvalue weighted by atomic mass is 16.4. The van der Waals surface area contributed by atoms with Crippen molar-refractivity contribution in [1.82, 2.24) is 0 Å². The van der Waals surface area contributed by atoms with Gasteiger partial charge in [-0.25, -0.2) is 0 Å². The smallest absolute Gasteiger partial charge is 0.122 e. The number of carboxylic acids is 1. The van der Waals surface area contributed by atoms with Gasteiger partial charge in [0.25, 0.3) is 0 Å². The SMILES string of the molecule is CCCCCCCCCC[N+](C)(C)CCCCCCCC.O=C([O-])C(O)C(O)C(O)C(O)CO. The Balaban J connectivity index is 0. The van der Waals surface area contributed by atoms with Gasteiger partial charge in [-0.05, 0) is 25.7 Å². The van der Waals surface area contributed by atoms with E-state index < -0.39 is 37.0 Å². The van der Waals surface area contributed by atoms with Crippen molar-refractivity contribution in [2.24, 2.45) is 0 Å². The van der Waals surface area contributed by atoms with E-state index in [2.05, 4.69) is 27.9 Å². The summed E-state index contributed by atoms with van der Waals surface area (Å²) >= 11 is 0. The Morgan fingerprint density at radius 2 is 1.03 bits per heavy atom. The second-order valence-corrected chi connectivity index (χ2v) is 10.1. The largest absolute Gasteiger partial charge is 0.547 e. The quantitative estimate of drug-likeness (QED) is 0.121. The maximum Gasteiger partial charge on any atom is 0.122 e. The summed E-state index contributed by atoms with van der Waals surface area (Å²) < 4.78 is 1.24. The number of rotatable bonds is 21. The van der Waals surface area contributed by atoms with Gasteiger partial charge in [-0.3, -0.25) is 0 Å². The number of carbonyl (C=O) groups excluding carboxylic acids is 1. The zero-order chi connectivity index (χ0) is 26.4. The van der Waals surface area contributed by atoms with Gasteiger partial charge < -0.3 is 39.9 Å². The number of unbranched alkanes of at least 4 members (excludes halogenated alkanes) is 12. The third-order valence-corrected chi connectivity index (χ3v) is 6.23. The van der Waals surface area contributed by atoms with E-state index in [-0.39, 0.29) is 0 Å². The lowest BCUT2D eigenvalue weighted by molar-refractivity contribution is -0.890. The summed E-state index contributed by atoms with van der Waals surface area (Å²) in [4.78, 5) is 9.98. The van der Waals surface area contributed by atoms with Gasteiger partial charge in [-0.2, -0.15) is 0 Å². The molecule has 206 valence electrons. The van der Waals surface area contributed by atoms with Crippen molar-refractivity contribution < 1.29 is 39.9 Å². The average Bonchev–Trinajstić information content (AvgIpc) is 2.81. The molecule has 8 heteroatoms. The zero-order valence-corrected chi connectivity index (χ0v) is 22.3. The van der Waals surface area contributed by atoms with Crippen LogP contribution in [0.4, 0.5) is 0 Å². The van der Waals surface area contributed by atoms with Gasteiger partial charge in [0.15, 0.2) is 0 Å². The summed E-state index contributed by atoms with van der Waals surface area (Å²) in [5.74, 6) is -1.98. The molecule has 0 radical (unpaired) electrons. The van der Waals surface area contributed by atoms with E-state index in [1.807, 2.05) is 0 Å². The fourth-order valence-corrected chi connectivity index (χ4v) is 3.77. The van der Waals surface area contributed by atoms with Crippen LogP contribution in [0.5, 0.6) is 0 Å². The Hall–Kier alpha value is -0.770. The highest BCUT2D eigenvalue weighted by Gasteiger charge is 2.30. The minimum absolute atomic E-state index is 0.863. The number of aliphatic hydroxyl groups excluding tert-OH is 5. The molecule has 34 heavy (non-hydrogen) atoms. The highest BCUT2D eigenvalue weighted by molar-refractivity contribution is 5.70. The number of carboxylic acid groups (broad SMARTS) is 1. The molecule has 0 rings (SSSR count). The normalized spacial score (nSPS) is 15.2. The fraction of sp³-hybridized carbons (Fsp3) is 0.962. The Morgan fingerprint density at radius 3 is 1.35 bits per heavy atom. The van der Waals surface area contributed by atoms with Crippen molar-refractivity contribution in [3.05, 3.63) is 0 Å². The minimum atomic E-state index is -2.31. The molecule has 0 aliphatic carbocycles. The first-order valence-electron chi connectivity index (χ1n) is 13.4. The maximum absolute atomic E-state index is 9.98. The van der Waals surface area contributed by atoms with Crippen LogP contribution in [-0.2, 0) is 4.79 Å². The number of carbonyl (C=O) groups is 1. The van der Waals surface area contributed by atoms with Crippen LogP contribution in [0.15, 0.2) is 0 Å². The molecule has 0 aromatic carbocycles. The second-order valence-electron chi connectivity index (χ2n) is 10.1. The molecular weight excluding hydrogens is 438 g/mol. The lowest BCUT2D eigenvalue weighted by atomic mass is 10.0. The van der Waals surface area contributed by atoms with E-state index >= 15 is 0 Å². The number of aliphatic carboxylic acids is 1. The van der Waals surface area contributed by atoms with Crippen LogP contribution in [0.1, 0.15) is 104 Å². The average molecular weight is 494 g/mol. The molecule has 0 aliphatic heterocycles. The van der Waals surface area contributed by atoms with Crippen LogP contribution in [0.25, 0.3) is 0 Å². The monoisotopic (exact) mass is 493 g/mol. The third kappa shape index (κ3) is 20.6. The first-order chi connectivity index (χ1) is 16.0. The van der Waals surface area contributed by atoms with Crippen molar-refractivity contribution in [1.29, 1.82) is 0 Å². The third-order valence-electron chi connectivity index (χ3n) is 6.23. The lowest BCUT2D eigenvalue weighted by Crippen LogP contribution is -2.52. The molecule has 4 unspecified atom stereocenters. The molecule has 8 nitrogen and oxygen atoms in total. The van der Waals surface area contributed by atoms with E-state index in [4.69, 9.17) is 25.5 Å². The van der Waals surface area contributed by atoms with Gasteiger partial charge in [0.2, 0.25) is 0 Å². The first kappa shape index (κ1) is 35.4. The molecule has 4 atom stereocenters. The van der Waals surface area contributed by atoms with Crippen molar-refractivity contribution in [2.75, 3.05) is 33.8 Å². The topological polar surface area (TPSA) is 141 Å². The van der Waals surface area contributed by atoms with Crippen LogP contribution in [0, 0.1) is 0 Å². The number of quaternary nitrogens is 1. The molecule has 0 aromatic heterocycles. The van der Waals surface area contributed by atoms with Crippen LogP contribution in [-0.4, -0.2) is 94.2 Å². The van der Waals surface area contributed by atoms with E-state index in [9.17, 15) is 9.90 Å². The van der Waals surface area contributed by atoms with Gasteiger partial charge >= 0.3 is 0 Å². The molecule has 0 aromatic rings. The van der Waals surface area contributed by atoms with E-state index in [0.717, 1.165) is 0 Å². The van der Waals surface area contributed by atoms with Gasteiger partial charge in [-0.1, -0.05) is 78.1 Å². The summed E-state index contributed by atoms with van der Waals surface area (Å²) in [7, 11) is 4.85. The van der Waals surface area contributed by atoms with Gasteiger partial charge in [-0.15, -0.1) is 0 Å². The van der Waals surface area contributed by atoms with E-state index in [1.165, 1.54) is 107 Å². The molecule has 0 saturated carbocycles. The standard InChI is InChI=1S/C20H44N.C6H12O7/c1-5-7-9-11-13-14-16-18-20-21(3,4)19-17-15-12-10-8-6-2;7-1-2(8)3(9)4(10)5(11)6(12)13/h5-20H2,1-4H3;2-5,7-11H,1H2,(H,12,13)/q+1;/p-1. The fourth-order valence-electron chi connectivity index (χ4n) is 3.77. The Kier molecular flexibility index (Phi) is 23.6. The predicted molar refractivity (Wildman–Crippen MR) is 134 cm³/mol. The Labute approximate surface area is 208 Å². The van der Waals surface area contributed by atoms with E-state index in [0.29, 0.717) is 0 Å². The number of hydrogen-bond donors (Lipinski definition) is 5. The summed E-state index contributed by atoms with van der Waals surface area (Å²) in [5.41, 5.74) is 0. The maximum atomic E-state index is 9.98. The summed E-state index contributed by atoms with van der Waals surface area (Å²) in [6.07, 6.45) is 12.0. The second kappa shape index (κ2) is 22.7. The van der Waals surface area contributed by atoms with Gasteiger partial charge in [0.05, 0.1) is 39.8 Å². The zero-order valence-electron chi connectivity index (χ0n) is 22.3. The lowest BCUT2D eigenvalue weighted by Gasteiger charge is -2.30. The highest BCUT2D eigenvalue weighted by Crippen LogP contribution is 2.12. The van der Waals surface area contributed by atoms with Crippen LogP contribution in [0.3, 0.4) is 0 Å². The molecular formula is C26H55NO7. The summed E-state index contributed by atoms with van der Waals surface area (Å²) in [6, 6.07) is 0. The molecule has 0 heterocycles. The van der Waals surface area contributed by atoms with Crippen LogP contribution in [0.2, 0.25) is 0 Å². The molecule has 0 saturated heterocycles. The number of aliphatic hydroxyl groups is 5. The predicted octanol–water partition coefficient (Wildman–Crippen LogP) is 1.74. The first-order valence-corrected chi connectivity index (χ1v) is 13.4. The molecule has 0 bridgehead atoms. The van der Waals surface area contributed by atoms with Crippen molar-refractivity contribution in [2.45, 2.75) is 128 Å². The van der Waals surface area contributed by atoms with Crippen molar-refractivity contribution in [3.63, 3.8) is 0 Å². The minimum Gasteiger partial charge on any atom is -0.547 e. The van der Waals surface area contributed by atoms with Crippen molar-refractivity contribution in [3.8, 4) is 0 Å². The Bertz CT molecular complexity index is 462. The Morgan fingerprint density at radius 1 is 0.676 bits per heavy atom. The molecule has 0 aliphatic rings. The van der Waals surface area contributed by atoms with Gasteiger partial charge in [0.1, 0.15) is 24.4 Å². The number of nitrogens with zero attached hydrogens (tertiary/aromatic N) is 1. The van der Waals surface area contributed by atoms with Gasteiger partial charge in [0, 0.05) is 0 Å². The summed E-state index contributed by atoms with van der Waals surface area (Å²) in [5, 5.41) is 53.4. The van der Waals surface area contributed by atoms with E-state index in [1.54, 1.807) is 0 Å². The summed E-state index contributed by atoms with van der Waals surface area (Å²) in [6.45, 7) is 6.48. The molecule has 5 N–H and O–H groups in total. The molecule has 0 fully saturated rings. The van der Waals surface area contributed by atoms with Crippen LogP contribution < -0.4 is 5.11 Å². The number of hydrogen-bond acceptors (Lipinski definition) is 7. The molecule has 0 spiro atoms. The molecule has 0 amide bonds.